The fourth-order valence-corrected chi connectivity index (χ4v) is 3.51. The standard InChI is InChI=1S/C14H17N3OS/c1-9-8-19-5-4-17(9)14(18)12-7-16-13-3-2-10(15)6-11(12)13/h2-3,6-7,9,16H,4-5,8,15H2,1H3. The van der Waals surface area contributed by atoms with Gasteiger partial charge in [0, 0.05) is 46.9 Å². The molecule has 0 radical (unpaired) electrons. The molecular weight excluding hydrogens is 258 g/mol. The first-order valence-electron chi connectivity index (χ1n) is 6.42. The van der Waals surface area contributed by atoms with Crippen LogP contribution in [-0.4, -0.2) is 39.9 Å². The molecule has 2 aromatic rings. The summed E-state index contributed by atoms with van der Waals surface area (Å²) in [5.41, 5.74) is 8.18. The zero-order valence-electron chi connectivity index (χ0n) is 10.8. The third kappa shape index (κ3) is 2.18. The van der Waals surface area contributed by atoms with E-state index in [1.165, 1.54) is 0 Å². The van der Waals surface area contributed by atoms with E-state index < -0.39 is 0 Å². The van der Waals surface area contributed by atoms with Crippen LogP contribution >= 0.6 is 11.8 Å². The van der Waals surface area contributed by atoms with Crippen molar-refractivity contribution in [1.29, 1.82) is 0 Å². The minimum Gasteiger partial charge on any atom is -0.399 e. The van der Waals surface area contributed by atoms with Crippen molar-refractivity contribution < 1.29 is 4.79 Å². The zero-order chi connectivity index (χ0) is 13.4. The summed E-state index contributed by atoms with van der Waals surface area (Å²) in [6.45, 7) is 2.92. The molecule has 1 aliphatic rings. The molecule has 4 nitrogen and oxygen atoms in total. The van der Waals surface area contributed by atoms with Crippen LogP contribution in [0.4, 0.5) is 5.69 Å². The number of nitrogens with zero attached hydrogens (tertiary/aromatic N) is 1. The summed E-state index contributed by atoms with van der Waals surface area (Å²) in [6.07, 6.45) is 1.79. The third-order valence-corrected chi connectivity index (χ3v) is 4.75. The number of rotatable bonds is 1. The maximum Gasteiger partial charge on any atom is 0.256 e. The minimum atomic E-state index is 0.102. The van der Waals surface area contributed by atoms with E-state index in [0.717, 1.165) is 34.5 Å². The number of H-pyrrole nitrogens is 1. The number of nitrogen functional groups attached to an aromatic ring is 1. The van der Waals surface area contributed by atoms with Crippen LogP contribution in [0.1, 0.15) is 17.3 Å². The van der Waals surface area contributed by atoms with Crippen LogP contribution in [-0.2, 0) is 0 Å². The maximum absolute atomic E-state index is 12.7. The highest BCUT2D eigenvalue weighted by atomic mass is 32.2. The molecule has 1 fully saturated rings. The molecule has 0 bridgehead atoms. The number of nitrogens with two attached hydrogens (primary N) is 1. The summed E-state index contributed by atoms with van der Waals surface area (Å²) in [5, 5.41) is 0.912. The van der Waals surface area contributed by atoms with Crippen LogP contribution in [0.5, 0.6) is 0 Å². The smallest absolute Gasteiger partial charge is 0.256 e. The monoisotopic (exact) mass is 275 g/mol. The highest BCUT2D eigenvalue weighted by Gasteiger charge is 2.26. The molecule has 1 amide bonds. The van der Waals surface area contributed by atoms with Crippen molar-refractivity contribution in [1.82, 2.24) is 9.88 Å². The number of thioether (sulfide) groups is 1. The van der Waals surface area contributed by atoms with Gasteiger partial charge in [-0.1, -0.05) is 0 Å². The minimum absolute atomic E-state index is 0.102. The second-order valence-electron chi connectivity index (χ2n) is 4.93. The van der Waals surface area contributed by atoms with Gasteiger partial charge in [-0.2, -0.15) is 11.8 Å². The second-order valence-corrected chi connectivity index (χ2v) is 6.08. The van der Waals surface area contributed by atoms with Gasteiger partial charge in [-0.05, 0) is 25.1 Å². The Morgan fingerprint density at radius 2 is 2.37 bits per heavy atom. The van der Waals surface area contributed by atoms with E-state index in [4.69, 9.17) is 5.73 Å². The Morgan fingerprint density at radius 1 is 1.53 bits per heavy atom. The van der Waals surface area contributed by atoms with Gasteiger partial charge >= 0.3 is 0 Å². The molecule has 0 aliphatic carbocycles. The fourth-order valence-electron chi connectivity index (χ4n) is 2.50. The summed E-state index contributed by atoms with van der Waals surface area (Å²) in [5.74, 6) is 2.13. The summed E-state index contributed by atoms with van der Waals surface area (Å²) in [6, 6.07) is 5.91. The van der Waals surface area contributed by atoms with Gasteiger partial charge in [0.1, 0.15) is 0 Å². The number of fused-ring (bicyclic) bond motifs is 1. The normalized spacial score (nSPS) is 19.8. The van der Waals surface area contributed by atoms with Gasteiger partial charge in [0.25, 0.3) is 5.91 Å². The quantitative estimate of drug-likeness (QED) is 0.785. The Balaban J connectivity index is 1.99. The number of anilines is 1. The van der Waals surface area contributed by atoms with Gasteiger partial charge in [0.2, 0.25) is 0 Å². The largest absolute Gasteiger partial charge is 0.399 e. The predicted molar refractivity (Wildman–Crippen MR) is 80.5 cm³/mol. The van der Waals surface area contributed by atoms with E-state index in [0.29, 0.717) is 5.69 Å². The molecule has 3 rings (SSSR count). The van der Waals surface area contributed by atoms with Crippen LogP contribution in [0.3, 0.4) is 0 Å². The van der Waals surface area contributed by atoms with Gasteiger partial charge in [-0.25, -0.2) is 0 Å². The Labute approximate surface area is 116 Å². The molecule has 1 aromatic carbocycles. The van der Waals surface area contributed by atoms with Crippen molar-refractivity contribution in [2.45, 2.75) is 13.0 Å². The van der Waals surface area contributed by atoms with Crippen molar-refractivity contribution in [2.24, 2.45) is 0 Å². The van der Waals surface area contributed by atoms with E-state index in [-0.39, 0.29) is 11.9 Å². The van der Waals surface area contributed by atoms with Gasteiger partial charge in [-0.3, -0.25) is 4.79 Å². The van der Waals surface area contributed by atoms with E-state index in [2.05, 4.69) is 11.9 Å². The highest BCUT2D eigenvalue weighted by Crippen LogP contribution is 2.25. The summed E-state index contributed by atoms with van der Waals surface area (Å²) in [7, 11) is 0. The van der Waals surface area contributed by atoms with Crippen LogP contribution in [0, 0.1) is 0 Å². The average molecular weight is 275 g/mol. The lowest BCUT2D eigenvalue weighted by molar-refractivity contribution is 0.0718. The maximum atomic E-state index is 12.7. The van der Waals surface area contributed by atoms with E-state index in [1.807, 2.05) is 34.9 Å². The Morgan fingerprint density at radius 3 is 3.16 bits per heavy atom. The summed E-state index contributed by atoms with van der Waals surface area (Å²) < 4.78 is 0. The molecule has 2 heterocycles. The molecule has 1 atom stereocenters. The van der Waals surface area contributed by atoms with Crippen LogP contribution in [0.25, 0.3) is 10.9 Å². The van der Waals surface area contributed by atoms with Gasteiger partial charge in [0.05, 0.1) is 5.56 Å². The molecule has 3 N–H and O–H groups in total. The molecular formula is C14H17N3OS. The number of hydrogen-bond acceptors (Lipinski definition) is 3. The number of benzene rings is 1. The second kappa shape index (κ2) is 4.81. The first-order chi connectivity index (χ1) is 9.16. The molecule has 0 spiro atoms. The first kappa shape index (κ1) is 12.4. The molecule has 1 unspecified atom stereocenters. The SMILES string of the molecule is CC1CSCCN1C(=O)c1c[nH]c2ccc(N)cc12. The van der Waals surface area contributed by atoms with Crippen molar-refractivity contribution in [3.8, 4) is 0 Å². The summed E-state index contributed by atoms with van der Waals surface area (Å²) in [4.78, 5) is 17.8. The van der Waals surface area contributed by atoms with Crippen LogP contribution in [0.15, 0.2) is 24.4 Å². The number of carbonyl (C=O) groups is 1. The average Bonchev–Trinajstić information content (AvgIpc) is 2.81. The van der Waals surface area contributed by atoms with Gasteiger partial charge < -0.3 is 15.6 Å². The molecule has 19 heavy (non-hydrogen) atoms. The first-order valence-corrected chi connectivity index (χ1v) is 7.57. The molecule has 100 valence electrons. The van der Waals surface area contributed by atoms with Crippen molar-refractivity contribution in [3.63, 3.8) is 0 Å². The molecule has 1 aliphatic heterocycles. The molecule has 0 saturated carbocycles. The Hall–Kier alpha value is -1.62. The number of carbonyl (C=O) groups excluding carboxylic acids is 1. The Kier molecular flexibility index (Phi) is 3.14. The van der Waals surface area contributed by atoms with E-state index in [1.54, 1.807) is 6.20 Å². The predicted octanol–water partition coefficient (Wildman–Crippen LogP) is 2.33. The number of aromatic amines is 1. The number of nitrogens with one attached hydrogen (secondary N) is 1. The van der Waals surface area contributed by atoms with Gasteiger partial charge in [-0.15, -0.1) is 0 Å². The highest BCUT2D eigenvalue weighted by molar-refractivity contribution is 7.99. The van der Waals surface area contributed by atoms with Crippen LogP contribution < -0.4 is 5.73 Å². The van der Waals surface area contributed by atoms with Crippen molar-refractivity contribution in [2.75, 3.05) is 23.8 Å². The Bertz CT molecular complexity index is 622. The lowest BCUT2D eigenvalue weighted by atomic mass is 10.1. The lowest BCUT2D eigenvalue weighted by Crippen LogP contribution is -2.44. The lowest BCUT2D eigenvalue weighted by Gasteiger charge is -2.33. The fraction of sp³-hybridized carbons (Fsp3) is 0.357. The number of amides is 1. The van der Waals surface area contributed by atoms with Gasteiger partial charge in [0.15, 0.2) is 0 Å². The van der Waals surface area contributed by atoms with Crippen molar-refractivity contribution >= 4 is 34.3 Å². The number of aromatic nitrogens is 1. The van der Waals surface area contributed by atoms with Crippen molar-refractivity contribution in [3.05, 3.63) is 30.0 Å². The molecule has 1 saturated heterocycles. The molecule has 1 aromatic heterocycles. The summed E-state index contributed by atoms with van der Waals surface area (Å²) >= 11 is 1.91. The molecule has 5 heteroatoms. The van der Waals surface area contributed by atoms with E-state index >= 15 is 0 Å². The zero-order valence-corrected chi connectivity index (χ0v) is 11.7. The third-order valence-electron chi connectivity index (χ3n) is 3.56. The topological polar surface area (TPSA) is 62.1 Å². The number of hydrogen-bond donors (Lipinski definition) is 2. The van der Waals surface area contributed by atoms with E-state index in [9.17, 15) is 4.79 Å². The van der Waals surface area contributed by atoms with Crippen LogP contribution in [0.2, 0.25) is 0 Å².